The first-order chi connectivity index (χ1) is 14.4. The zero-order valence-corrected chi connectivity index (χ0v) is 18.4. The van der Waals surface area contributed by atoms with Gasteiger partial charge in [0.2, 0.25) is 5.91 Å². The van der Waals surface area contributed by atoms with Gasteiger partial charge in [-0.05, 0) is 36.9 Å². The van der Waals surface area contributed by atoms with Crippen molar-refractivity contribution in [3.63, 3.8) is 0 Å². The number of amides is 1. The maximum Gasteiger partial charge on any atom is 0.317 e. The fourth-order valence-corrected chi connectivity index (χ4v) is 4.19. The van der Waals surface area contributed by atoms with Gasteiger partial charge in [-0.25, -0.2) is 0 Å². The number of hydrogen-bond donors (Lipinski definition) is 1. The molecule has 1 atom stereocenters. The third kappa shape index (κ3) is 4.88. The SMILES string of the molecule is CC[C@@H](C)N(CCNC(=O)Cn1c(=O)c(=O)n(C)c2ccccc21)Cc1cccs1. The van der Waals surface area contributed by atoms with Gasteiger partial charge in [-0.2, -0.15) is 0 Å². The number of nitrogens with zero attached hydrogens (tertiary/aromatic N) is 3. The highest BCUT2D eigenvalue weighted by Crippen LogP contribution is 2.15. The minimum absolute atomic E-state index is 0.177. The highest BCUT2D eigenvalue weighted by molar-refractivity contribution is 7.09. The van der Waals surface area contributed by atoms with E-state index in [0.29, 0.717) is 30.2 Å². The molecule has 30 heavy (non-hydrogen) atoms. The molecule has 2 aromatic heterocycles. The van der Waals surface area contributed by atoms with Crippen LogP contribution in [0.5, 0.6) is 0 Å². The van der Waals surface area contributed by atoms with Gasteiger partial charge in [-0.15, -0.1) is 11.3 Å². The van der Waals surface area contributed by atoms with E-state index in [4.69, 9.17) is 0 Å². The summed E-state index contributed by atoms with van der Waals surface area (Å²) < 4.78 is 2.58. The van der Waals surface area contributed by atoms with Crippen LogP contribution in [0.25, 0.3) is 11.0 Å². The number of nitrogens with one attached hydrogen (secondary N) is 1. The molecule has 0 aliphatic rings. The monoisotopic (exact) mass is 428 g/mol. The van der Waals surface area contributed by atoms with E-state index in [1.165, 1.54) is 14.0 Å². The van der Waals surface area contributed by atoms with Crippen LogP contribution in [0.1, 0.15) is 25.1 Å². The molecule has 0 bridgehead atoms. The Bertz CT molecular complexity index is 1120. The Hall–Kier alpha value is -2.71. The summed E-state index contributed by atoms with van der Waals surface area (Å²) in [5, 5.41) is 4.97. The Morgan fingerprint density at radius 3 is 2.53 bits per heavy atom. The number of carbonyl (C=O) groups excluding carboxylic acids is 1. The van der Waals surface area contributed by atoms with Crippen molar-refractivity contribution in [1.82, 2.24) is 19.4 Å². The standard InChI is InChI=1S/C22H28N4O3S/c1-4-16(2)25(14-17-8-7-13-30-17)12-11-23-20(27)15-26-19-10-6-5-9-18(19)24(3)21(28)22(26)29/h5-10,13,16H,4,11-12,14-15H2,1-3H3,(H,23,27)/t16-/m1/s1. The van der Waals surface area contributed by atoms with Crippen LogP contribution in [-0.2, 0) is 24.9 Å². The normalized spacial score (nSPS) is 12.4. The summed E-state index contributed by atoms with van der Waals surface area (Å²) in [6, 6.07) is 11.7. The lowest BCUT2D eigenvalue weighted by atomic mass is 10.2. The second-order valence-electron chi connectivity index (χ2n) is 7.40. The summed E-state index contributed by atoms with van der Waals surface area (Å²) in [7, 11) is 1.56. The molecule has 7 nitrogen and oxygen atoms in total. The van der Waals surface area contributed by atoms with Gasteiger partial charge in [-0.1, -0.05) is 25.1 Å². The Labute approximate surface area is 179 Å². The minimum atomic E-state index is -0.690. The summed E-state index contributed by atoms with van der Waals surface area (Å²) in [6.07, 6.45) is 1.02. The number of rotatable bonds is 9. The van der Waals surface area contributed by atoms with Crippen LogP contribution in [0.4, 0.5) is 0 Å². The van der Waals surface area contributed by atoms with Crippen molar-refractivity contribution in [1.29, 1.82) is 0 Å². The Kier molecular flexibility index (Phi) is 7.23. The van der Waals surface area contributed by atoms with E-state index in [0.717, 1.165) is 13.0 Å². The van der Waals surface area contributed by atoms with Crippen molar-refractivity contribution in [2.24, 2.45) is 7.05 Å². The van der Waals surface area contributed by atoms with E-state index in [2.05, 4.69) is 35.5 Å². The molecule has 3 rings (SSSR count). The average molecular weight is 429 g/mol. The molecule has 0 fully saturated rings. The Morgan fingerprint density at radius 2 is 1.87 bits per heavy atom. The maximum atomic E-state index is 12.5. The average Bonchev–Trinajstić information content (AvgIpc) is 3.27. The summed E-state index contributed by atoms with van der Waals surface area (Å²) in [6.45, 7) is 6.20. The van der Waals surface area contributed by atoms with Gasteiger partial charge in [0, 0.05) is 37.6 Å². The molecule has 8 heteroatoms. The second kappa shape index (κ2) is 9.86. The van der Waals surface area contributed by atoms with Crippen LogP contribution in [-0.4, -0.2) is 39.1 Å². The number of fused-ring (bicyclic) bond motifs is 1. The molecule has 160 valence electrons. The number of thiophene rings is 1. The Balaban J connectivity index is 1.67. The van der Waals surface area contributed by atoms with E-state index in [1.54, 1.807) is 42.6 Å². The third-order valence-corrected chi connectivity index (χ3v) is 6.30. The van der Waals surface area contributed by atoms with Crippen molar-refractivity contribution >= 4 is 28.3 Å². The van der Waals surface area contributed by atoms with Gasteiger partial charge in [0.1, 0.15) is 6.54 Å². The number of para-hydroxylation sites is 2. The lowest BCUT2D eigenvalue weighted by Gasteiger charge is -2.28. The molecular weight excluding hydrogens is 400 g/mol. The largest absolute Gasteiger partial charge is 0.353 e. The van der Waals surface area contributed by atoms with E-state index >= 15 is 0 Å². The molecular formula is C22H28N4O3S. The minimum Gasteiger partial charge on any atom is -0.353 e. The van der Waals surface area contributed by atoms with Gasteiger partial charge in [0.15, 0.2) is 0 Å². The molecule has 0 unspecified atom stereocenters. The molecule has 1 amide bonds. The number of hydrogen-bond acceptors (Lipinski definition) is 5. The predicted octanol–water partition coefficient (Wildman–Crippen LogP) is 2.18. The third-order valence-electron chi connectivity index (χ3n) is 5.44. The molecule has 0 saturated carbocycles. The van der Waals surface area contributed by atoms with E-state index < -0.39 is 11.1 Å². The lowest BCUT2D eigenvalue weighted by molar-refractivity contribution is -0.121. The van der Waals surface area contributed by atoms with Crippen LogP contribution in [0.3, 0.4) is 0 Å². The second-order valence-corrected chi connectivity index (χ2v) is 8.43. The predicted molar refractivity (Wildman–Crippen MR) is 121 cm³/mol. The van der Waals surface area contributed by atoms with Crippen molar-refractivity contribution in [3.8, 4) is 0 Å². The van der Waals surface area contributed by atoms with Gasteiger partial charge in [-0.3, -0.25) is 23.9 Å². The first kappa shape index (κ1) is 22.0. The topological polar surface area (TPSA) is 76.3 Å². The zero-order valence-electron chi connectivity index (χ0n) is 17.6. The number of aryl methyl sites for hydroxylation is 1. The molecule has 3 aromatic rings. The van der Waals surface area contributed by atoms with Crippen molar-refractivity contribution < 1.29 is 4.79 Å². The maximum absolute atomic E-state index is 12.5. The molecule has 1 aromatic carbocycles. The fourth-order valence-electron chi connectivity index (χ4n) is 3.47. The molecule has 1 N–H and O–H groups in total. The van der Waals surface area contributed by atoms with Crippen LogP contribution in [0.15, 0.2) is 51.4 Å². The van der Waals surface area contributed by atoms with E-state index in [9.17, 15) is 14.4 Å². The van der Waals surface area contributed by atoms with E-state index in [-0.39, 0.29) is 12.5 Å². The quantitative estimate of drug-likeness (QED) is 0.530. The lowest BCUT2D eigenvalue weighted by Crippen LogP contribution is -2.44. The highest BCUT2D eigenvalue weighted by atomic mass is 32.1. The Morgan fingerprint density at radius 1 is 1.13 bits per heavy atom. The number of aromatic nitrogens is 2. The van der Waals surface area contributed by atoms with Crippen LogP contribution in [0.2, 0.25) is 0 Å². The van der Waals surface area contributed by atoms with Crippen molar-refractivity contribution in [3.05, 3.63) is 67.4 Å². The summed E-state index contributed by atoms with van der Waals surface area (Å²) >= 11 is 1.73. The van der Waals surface area contributed by atoms with E-state index in [1.807, 2.05) is 6.07 Å². The van der Waals surface area contributed by atoms with Gasteiger partial charge in [0.25, 0.3) is 0 Å². The van der Waals surface area contributed by atoms with Crippen molar-refractivity contribution in [2.45, 2.75) is 39.4 Å². The summed E-state index contributed by atoms with van der Waals surface area (Å²) in [5.41, 5.74) is -0.141. The van der Waals surface area contributed by atoms with Gasteiger partial charge >= 0.3 is 11.1 Å². The smallest absolute Gasteiger partial charge is 0.317 e. The van der Waals surface area contributed by atoms with Crippen LogP contribution >= 0.6 is 11.3 Å². The van der Waals surface area contributed by atoms with Crippen LogP contribution < -0.4 is 16.4 Å². The first-order valence-electron chi connectivity index (χ1n) is 10.1. The summed E-state index contributed by atoms with van der Waals surface area (Å²) in [4.78, 5) is 40.9. The van der Waals surface area contributed by atoms with Gasteiger partial charge < -0.3 is 9.88 Å². The van der Waals surface area contributed by atoms with Gasteiger partial charge in [0.05, 0.1) is 11.0 Å². The number of carbonyl (C=O) groups is 1. The number of benzene rings is 1. The van der Waals surface area contributed by atoms with Crippen molar-refractivity contribution in [2.75, 3.05) is 13.1 Å². The summed E-state index contributed by atoms with van der Waals surface area (Å²) in [5.74, 6) is -0.282. The fraction of sp³-hybridized carbons (Fsp3) is 0.409. The molecule has 0 saturated heterocycles. The molecule has 2 heterocycles. The molecule has 0 spiro atoms. The zero-order chi connectivity index (χ0) is 21.7. The first-order valence-corrected chi connectivity index (χ1v) is 11.0. The highest BCUT2D eigenvalue weighted by Gasteiger charge is 2.15. The van der Waals surface area contributed by atoms with Crippen LogP contribution in [0, 0.1) is 0 Å². The molecule has 0 aliphatic carbocycles. The molecule has 0 aliphatic heterocycles. The molecule has 0 radical (unpaired) electrons.